The van der Waals surface area contributed by atoms with E-state index >= 15 is 0 Å². The van der Waals surface area contributed by atoms with Gasteiger partial charge in [-0.1, -0.05) is 60.2 Å². The number of rotatable bonds is 4. The van der Waals surface area contributed by atoms with Crippen LogP contribution in [0, 0.1) is 11.6 Å². The maximum atomic E-state index is 13.6. The molecule has 1 saturated heterocycles. The van der Waals surface area contributed by atoms with Gasteiger partial charge in [-0.15, -0.1) is 0 Å². The summed E-state index contributed by atoms with van der Waals surface area (Å²) in [5.74, 6) is -1.17. The van der Waals surface area contributed by atoms with Gasteiger partial charge in [0.05, 0.1) is 25.3 Å². The Morgan fingerprint density at radius 3 is 2.26 bits per heavy atom. The lowest BCUT2D eigenvalue weighted by Gasteiger charge is -2.44. The molecule has 3 aromatic carbocycles. The number of carbonyl (C=O) groups is 1. The van der Waals surface area contributed by atoms with E-state index in [0.29, 0.717) is 31.6 Å². The van der Waals surface area contributed by atoms with Crippen molar-refractivity contribution in [1.82, 2.24) is 4.90 Å². The third kappa shape index (κ3) is 4.12. The van der Waals surface area contributed by atoms with Gasteiger partial charge in [0.1, 0.15) is 18.2 Å². The largest absolute Gasteiger partial charge is 0.448 e. The van der Waals surface area contributed by atoms with Crippen molar-refractivity contribution in [1.29, 1.82) is 0 Å². The second-order valence-corrected chi connectivity index (χ2v) is 9.45. The van der Waals surface area contributed by atoms with Crippen LogP contribution in [0.4, 0.5) is 13.6 Å². The van der Waals surface area contributed by atoms with Gasteiger partial charge in [0.2, 0.25) is 0 Å². The maximum Gasteiger partial charge on any atom is 0.410 e. The van der Waals surface area contributed by atoms with Crippen molar-refractivity contribution in [2.75, 3.05) is 19.8 Å². The number of fused-ring (bicyclic) bond motifs is 5. The zero-order valence-electron chi connectivity index (χ0n) is 19.1. The molecule has 0 saturated carbocycles. The standard InChI is InChI=1S/C29H25F2NO3/c30-20-10-18(11-21(31)14-20)9-19-12-22-15-34-16-23(13-19)32(22)29(33)35-17-28-26-7-3-1-5-24(26)25-6-2-4-8-27(25)28/h1-8,10-12,14,22-23,28H,9,13,15-17H2. The number of halogens is 2. The molecule has 1 aliphatic carbocycles. The van der Waals surface area contributed by atoms with Crippen LogP contribution in [-0.2, 0) is 15.9 Å². The first-order valence-electron chi connectivity index (χ1n) is 11.9. The molecule has 2 aliphatic heterocycles. The van der Waals surface area contributed by atoms with Crippen LogP contribution < -0.4 is 0 Å². The van der Waals surface area contributed by atoms with Crippen molar-refractivity contribution < 1.29 is 23.0 Å². The van der Waals surface area contributed by atoms with E-state index in [1.165, 1.54) is 34.4 Å². The molecule has 2 heterocycles. The molecule has 2 atom stereocenters. The molecule has 2 unspecified atom stereocenters. The second-order valence-electron chi connectivity index (χ2n) is 9.45. The topological polar surface area (TPSA) is 38.8 Å². The SMILES string of the molecule is O=C(OCC1c2ccccc2-c2ccccc21)N1C2C=C(Cc3cc(F)cc(F)c3)CC1COC2. The van der Waals surface area contributed by atoms with Gasteiger partial charge in [0.15, 0.2) is 0 Å². The lowest BCUT2D eigenvalue weighted by molar-refractivity contribution is -0.0363. The molecule has 2 bridgehead atoms. The highest BCUT2D eigenvalue weighted by Gasteiger charge is 2.39. The molecule has 0 radical (unpaired) electrons. The number of hydrogen-bond acceptors (Lipinski definition) is 3. The lowest BCUT2D eigenvalue weighted by atomic mass is 9.90. The fraction of sp³-hybridized carbons (Fsp3) is 0.276. The Bertz CT molecular complexity index is 1260. The molecule has 1 amide bonds. The van der Waals surface area contributed by atoms with E-state index < -0.39 is 11.6 Å². The van der Waals surface area contributed by atoms with Crippen LogP contribution >= 0.6 is 0 Å². The van der Waals surface area contributed by atoms with Gasteiger partial charge < -0.3 is 9.47 Å². The average molecular weight is 474 g/mol. The van der Waals surface area contributed by atoms with Crippen LogP contribution in [0.2, 0.25) is 0 Å². The van der Waals surface area contributed by atoms with Crippen LogP contribution in [0.1, 0.15) is 29.0 Å². The summed E-state index contributed by atoms with van der Waals surface area (Å²) in [6, 6.07) is 19.7. The molecule has 3 aliphatic rings. The number of morpholine rings is 1. The van der Waals surface area contributed by atoms with E-state index in [2.05, 4.69) is 24.3 Å². The Labute approximate surface area is 202 Å². The third-order valence-corrected chi connectivity index (χ3v) is 7.18. The summed E-state index contributed by atoms with van der Waals surface area (Å²) in [4.78, 5) is 15.0. The van der Waals surface area contributed by atoms with Crippen LogP contribution in [0.15, 0.2) is 78.4 Å². The summed E-state index contributed by atoms with van der Waals surface area (Å²) in [6.45, 7) is 1.06. The minimum atomic E-state index is -0.583. The Morgan fingerprint density at radius 2 is 1.60 bits per heavy atom. The van der Waals surface area contributed by atoms with E-state index in [4.69, 9.17) is 9.47 Å². The number of carbonyl (C=O) groups excluding carboxylic acids is 1. The van der Waals surface area contributed by atoms with Gasteiger partial charge in [-0.2, -0.15) is 0 Å². The number of hydrogen-bond donors (Lipinski definition) is 0. The van der Waals surface area contributed by atoms with E-state index in [9.17, 15) is 13.6 Å². The van der Waals surface area contributed by atoms with Crippen LogP contribution in [-0.4, -0.2) is 42.9 Å². The van der Waals surface area contributed by atoms with E-state index in [-0.39, 0.29) is 30.7 Å². The van der Waals surface area contributed by atoms with E-state index in [0.717, 1.165) is 11.6 Å². The lowest BCUT2D eigenvalue weighted by Crippen LogP contribution is -2.56. The molecule has 1 fully saturated rings. The first-order chi connectivity index (χ1) is 17.1. The number of benzene rings is 3. The normalized spacial score (nSPS) is 20.7. The zero-order valence-corrected chi connectivity index (χ0v) is 19.1. The fourth-order valence-corrected chi connectivity index (χ4v) is 5.74. The fourth-order valence-electron chi connectivity index (χ4n) is 5.74. The molecule has 6 heteroatoms. The van der Waals surface area contributed by atoms with Gasteiger partial charge in [-0.05, 0) is 52.8 Å². The summed E-state index contributed by atoms with van der Waals surface area (Å²) >= 11 is 0. The average Bonchev–Trinajstić information content (AvgIpc) is 3.15. The van der Waals surface area contributed by atoms with Gasteiger partial charge in [0.25, 0.3) is 0 Å². The van der Waals surface area contributed by atoms with Crippen LogP contribution in [0.3, 0.4) is 0 Å². The molecular formula is C29H25F2NO3. The molecule has 0 spiro atoms. The van der Waals surface area contributed by atoms with Crippen LogP contribution in [0.25, 0.3) is 11.1 Å². The van der Waals surface area contributed by atoms with Gasteiger partial charge in [-0.25, -0.2) is 13.6 Å². The Kier molecular flexibility index (Phi) is 5.61. The molecule has 0 aromatic heterocycles. The maximum absolute atomic E-state index is 13.6. The van der Waals surface area contributed by atoms with E-state index in [1.54, 1.807) is 4.90 Å². The first-order valence-corrected chi connectivity index (χ1v) is 11.9. The summed E-state index contributed by atoms with van der Waals surface area (Å²) in [5, 5.41) is 0. The summed E-state index contributed by atoms with van der Waals surface area (Å²) < 4.78 is 38.9. The molecule has 35 heavy (non-hydrogen) atoms. The molecular weight excluding hydrogens is 448 g/mol. The highest BCUT2D eigenvalue weighted by atomic mass is 19.1. The van der Waals surface area contributed by atoms with Gasteiger partial charge in [-0.3, -0.25) is 4.90 Å². The summed E-state index contributed by atoms with van der Waals surface area (Å²) in [7, 11) is 0. The smallest absolute Gasteiger partial charge is 0.410 e. The van der Waals surface area contributed by atoms with Crippen molar-refractivity contribution in [3.05, 3.63) is 107 Å². The molecule has 178 valence electrons. The van der Waals surface area contributed by atoms with Crippen molar-refractivity contribution in [3.63, 3.8) is 0 Å². The summed E-state index contributed by atoms with van der Waals surface area (Å²) in [6.07, 6.45) is 2.66. The Hall–Kier alpha value is -3.51. The van der Waals surface area contributed by atoms with Crippen molar-refractivity contribution in [2.24, 2.45) is 0 Å². The van der Waals surface area contributed by atoms with Crippen molar-refractivity contribution in [3.8, 4) is 11.1 Å². The number of amides is 1. The monoisotopic (exact) mass is 473 g/mol. The molecule has 0 N–H and O–H groups in total. The second kappa shape index (κ2) is 8.93. The van der Waals surface area contributed by atoms with Gasteiger partial charge >= 0.3 is 6.09 Å². The Balaban J connectivity index is 1.18. The predicted molar refractivity (Wildman–Crippen MR) is 128 cm³/mol. The predicted octanol–water partition coefficient (Wildman–Crippen LogP) is 5.86. The highest BCUT2D eigenvalue weighted by molar-refractivity contribution is 5.79. The zero-order chi connectivity index (χ0) is 23.9. The van der Waals surface area contributed by atoms with Crippen LogP contribution in [0.5, 0.6) is 0 Å². The van der Waals surface area contributed by atoms with Crippen molar-refractivity contribution in [2.45, 2.75) is 30.8 Å². The minimum Gasteiger partial charge on any atom is -0.448 e. The van der Waals surface area contributed by atoms with E-state index in [1.807, 2.05) is 30.3 Å². The quantitative estimate of drug-likeness (QED) is 0.446. The summed E-state index contributed by atoms with van der Waals surface area (Å²) in [5.41, 5.74) is 6.36. The third-order valence-electron chi connectivity index (χ3n) is 7.18. The molecule has 4 nitrogen and oxygen atoms in total. The number of nitrogens with zero attached hydrogens (tertiary/aromatic N) is 1. The van der Waals surface area contributed by atoms with Crippen molar-refractivity contribution >= 4 is 6.09 Å². The Morgan fingerprint density at radius 1 is 0.943 bits per heavy atom. The molecule has 6 rings (SSSR count). The number of ether oxygens (including phenoxy) is 2. The first kappa shape index (κ1) is 22.0. The highest BCUT2D eigenvalue weighted by Crippen LogP contribution is 2.44. The van der Waals surface area contributed by atoms with Gasteiger partial charge in [0, 0.05) is 12.0 Å². The minimum absolute atomic E-state index is 0.00112. The molecule has 3 aromatic rings.